The summed E-state index contributed by atoms with van der Waals surface area (Å²) in [7, 11) is 0. The van der Waals surface area contributed by atoms with E-state index in [0.29, 0.717) is 17.8 Å². The molecule has 0 N–H and O–H groups in total. The predicted molar refractivity (Wildman–Crippen MR) is 150 cm³/mol. The van der Waals surface area contributed by atoms with Crippen LogP contribution in [0.15, 0.2) is 53.1 Å². The standard InChI is InChI=1S/C33H35F4N3O2/c1-21(2)26-38-27(42-39-26)30-13-10-29(11-14-30,12-15-30)20-40(28(41)31-17-32(34,18-31)19-31)25-5-3-4-23(16-25)22-6-8-24(9-7-22)33(35,36)37/h3-9,16,21H,10-15,17-20H2,1-2H3. The van der Waals surface area contributed by atoms with E-state index >= 15 is 0 Å². The van der Waals surface area contributed by atoms with E-state index in [4.69, 9.17) is 9.51 Å². The van der Waals surface area contributed by atoms with E-state index in [1.165, 1.54) is 12.1 Å². The predicted octanol–water partition coefficient (Wildman–Crippen LogP) is 8.40. The number of benzene rings is 2. The summed E-state index contributed by atoms with van der Waals surface area (Å²) < 4.78 is 59.7. The molecule has 0 spiro atoms. The molecule has 3 aromatic rings. The molecule has 0 atom stereocenters. The molecule has 42 heavy (non-hydrogen) atoms. The fraction of sp³-hybridized carbons (Fsp3) is 0.545. The number of rotatable bonds is 7. The van der Waals surface area contributed by atoms with Crippen LogP contribution in [0.5, 0.6) is 0 Å². The van der Waals surface area contributed by atoms with Gasteiger partial charge in [-0.3, -0.25) is 4.79 Å². The van der Waals surface area contributed by atoms with Gasteiger partial charge >= 0.3 is 6.18 Å². The van der Waals surface area contributed by atoms with Gasteiger partial charge in [-0.05, 0) is 98.6 Å². The van der Waals surface area contributed by atoms with Crippen LogP contribution in [0.1, 0.15) is 94.8 Å². The molecule has 6 saturated carbocycles. The van der Waals surface area contributed by atoms with E-state index in [2.05, 4.69) is 5.16 Å². The summed E-state index contributed by atoms with van der Waals surface area (Å²) in [5.41, 5.74) is -0.633. The number of carbonyl (C=O) groups excluding carboxylic acids is 1. The van der Waals surface area contributed by atoms with Gasteiger partial charge in [-0.25, -0.2) is 4.39 Å². The van der Waals surface area contributed by atoms with Gasteiger partial charge in [0.25, 0.3) is 0 Å². The van der Waals surface area contributed by atoms with Crippen LogP contribution in [0, 0.1) is 10.8 Å². The first-order chi connectivity index (χ1) is 19.8. The van der Waals surface area contributed by atoms with Crippen molar-refractivity contribution in [2.24, 2.45) is 10.8 Å². The highest BCUT2D eigenvalue weighted by Gasteiger charge is 2.73. The summed E-state index contributed by atoms with van der Waals surface area (Å²) >= 11 is 0. The van der Waals surface area contributed by atoms with E-state index in [-0.39, 0.29) is 41.9 Å². The molecule has 6 aliphatic carbocycles. The quantitative estimate of drug-likeness (QED) is 0.263. The van der Waals surface area contributed by atoms with Crippen LogP contribution >= 0.6 is 0 Å². The minimum Gasteiger partial charge on any atom is -0.339 e. The molecule has 0 unspecified atom stereocenters. The van der Waals surface area contributed by atoms with Gasteiger partial charge in [-0.15, -0.1) is 0 Å². The Kier molecular flexibility index (Phi) is 6.00. The molecule has 1 amide bonds. The fourth-order valence-electron chi connectivity index (χ4n) is 8.00. The molecular weight excluding hydrogens is 546 g/mol. The van der Waals surface area contributed by atoms with Crippen LogP contribution in [0.25, 0.3) is 11.1 Å². The molecule has 0 radical (unpaired) electrons. The summed E-state index contributed by atoms with van der Waals surface area (Å²) in [4.78, 5) is 20.7. The van der Waals surface area contributed by atoms with Crippen molar-refractivity contribution in [3.8, 4) is 11.1 Å². The van der Waals surface area contributed by atoms with Crippen LogP contribution in [0.3, 0.4) is 0 Å². The van der Waals surface area contributed by atoms with Gasteiger partial charge < -0.3 is 9.42 Å². The number of amides is 1. The number of carbonyl (C=O) groups is 1. The molecule has 1 heterocycles. The zero-order chi connectivity index (χ0) is 29.5. The van der Waals surface area contributed by atoms with Crippen molar-refractivity contribution in [2.75, 3.05) is 11.4 Å². The molecule has 2 aromatic carbocycles. The second kappa shape index (κ2) is 9.13. The Bertz CT molecular complexity index is 1480. The van der Waals surface area contributed by atoms with Crippen LogP contribution in [0.2, 0.25) is 0 Å². The van der Waals surface area contributed by atoms with Gasteiger partial charge in [-0.1, -0.05) is 43.3 Å². The van der Waals surface area contributed by atoms with E-state index in [1.54, 1.807) is 0 Å². The Morgan fingerprint density at radius 2 is 1.60 bits per heavy atom. The number of hydrogen-bond donors (Lipinski definition) is 0. The first-order valence-corrected chi connectivity index (χ1v) is 15.0. The highest BCUT2D eigenvalue weighted by Crippen LogP contribution is 2.70. The molecule has 9 rings (SSSR count). The SMILES string of the molecule is CC(C)c1noc(C23CCC(CN(C(=O)C45CC(F)(C4)C5)c4cccc(-c5ccc(C(F)(F)F)cc5)c4)(CC2)CC3)n1. The van der Waals surface area contributed by atoms with Crippen molar-refractivity contribution in [3.63, 3.8) is 0 Å². The number of aromatic nitrogens is 2. The monoisotopic (exact) mass is 581 g/mol. The summed E-state index contributed by atoms with van der Waals surface area (Å²) in [5.74, 6) is 1.64. The average Bonchev–Trinajstić information content (AvgIpc) is 3.46. The van der Waals surface area contributed by atoms with Crippen molar-refractivity contribution in [3.05, 3.63) is 65.8 Å². The number of nitrogens with zero attached hydrogens (tertiary/aromatic N) is 3. The number of halogens is 4. The highest BCUT2D eigenvalue weighted by atomic mass is 19.4. The van der Waals surface area contributed by atoms with Crippen molar-refractivity contribution in [1.29, 1.82) is 0 Å². The summed E-state index contributed by atoms with van der Waals surface area (Å²) in [5, 5.41) is 4.21. The Labute approximate surface area is 242 Å². The van der Waals surface area contributed by atoms with Crippen molar-refractivity contribution >= 4 is 11.6 Å². The van der Waals surface area contributed by atoms with Gasteiger partial charge in [0.05, 0.1) is 11.0 Å². The van der Waals surface area contributed by atoms with Gasteiger partial charge in [0.15, 0.2) is 5.82 Å². The van der Waals surface area contributed by atoms with Gasteiger partial charge in [0.1, 0.15) is 5.67 Å². The fourth-order valence-corrected chi connectivity index (χ4v) is 8.00. The Morgan fingerprint density at radius 1 is 0.952 bits per heavy atom. The molecule has 1 aromatic heterocycles. The lowest BCUT2D eigenvalue weighted by Crippen LogP contribution is -2.71. The van der Waals surface area contributed by atoms with E-state index in [0.717, 1.165) is 67.9 Å². The molecule has 222 valence electrons. The molecule has 0 aliphatic heterocycles. The summed E-state index contributed by atoms with van der Waals surface area (Å²) in [6.07, 6.45) is 1.95. The van der Waals surface area contributed by atoms with Crippen LogP contribution in [-0.4, -0.2) is 28.3 Å². The topological polar surface area (TPSA) is 59.2 Å². The zero-order valence-corrected chi connectivity index (χ0v) is 23.9. The largest absolute Gasteiger partial charge is 0.416 e. The van der Waals surface area contributed by atoms with Gasteiger partial charge in [-0.2, -0.15) is 18.2 Å². The smallest absolute Gasteiger partial charge is 0.339 e. The van der Waals surface area contributed by atoms with E-state index in [9.17, 15) is 22.4 Å². The number of fused-ring (bicyclic) bond motifs is 3. The molecule has 4 bridgehead atoms. The first kappa shape index (κ1) is 27.6. The Morgan fingerprint density at radius 3 is 2.14 bits per heavy atom. The lowest BCUT2D eigenvalue weighted by atomic mass is 9.41. The number of anilines is 1. The highest BCUT2D eigenvalue weighted by molar-refractivity contribution is 6.00. The van der Waals surface area contributed by atoms with Gasteiger partial charge in [0.2, 0.25) is 11.8 Å². The first-order valence-electron chi connectivity index (χ1n) is 15.0. The van der Waals surface area contributed by atoms with Crippen molar-refractivity contribution in [1.82, 2.24) is 10.1 Å². The van der Waals surface area contributed by atoms with Crippen LogP contribution in [-0.2, 0) is 16.4 Å². The molecule has 6 fully saturated rings. The molecule has 9 heteroatoms. The Balaban J connectivity index is 1.16. The maximum absolute atomic E-state index is 14.5. The number of hydrogen-bond acceptors (Lipinski definition) is 4. The maximum Gasteiger partial charge on any atom is 0.416 e. The molecule has 0 saturated heterocycles. The van der Waals surface area contributed by atoms with E-state index < -0.39 is 22.8 Å². The lowest BCUT2D eigenvalue weighted by molar-refractivity contribution is -0.211. The average molecular weight is 582 g/mol. The second-order valence-corrected chi connectivity index (χ2v) is 13.9. The molecular formula is C33H35F4N3O2. The minimum atomic E-state index is -4.41. The summed E-state index contributed by atoms with van der Waals surface area (Å²) in [6.45, 7) is 4.64. The van der Waals surface area contributed by atoms with Gasteiger partial charge in [0, 0.05) is 23.6 Å². The lowest BCUT2D eigenvalue weighted by Gasteiger charge is -2.65. The maximum atomic E-state index is 14.5. The van der Waals surface area contributed by atoms with Crippen molar-refractivity contribution in [2.45, 2.75) is 94.8 Å². The molecule has 6 aliphatic rings. The minimum absolute atomic E-state index is 0.0261. The third-order valence-electron chi connectivity index (χ3n) is 10.7. The second-order valence-electron chi connectivity index (χ2n) is 13.9. The zero-order valence-electron chi connectivity index (χ0n) is 23.9. The van der Waals surface area contributed by atoms with E-state index in [1.807, 2.05) is 43.0 Å². The van der Waals surface area contributed by atoms with Crippen molar-refractivity contribution < 1.29 is 26.9 Å². The number of alkyl halides is 4. The summed E-state index contributed by atoms with van der Waals surface area (Å²) in [6, 6.07) is 12.5. The third kappa shape index (κ3) is 4.37. The third-order valence-corrected chi connectivity index (χ3v) is 10.7. The van der Waals surface area contributed by atoms with Crippen LogP contribution < -0.4 is 4.90 Å². The Hall–Kier alpha value is -3.23. The van der Waals surface area contributed by atoms with Crippen LogP contribution in [0.4, 0.5) is 23.2 Å². The normalized spacial score (nSPS) is 31.5. The molecule has 5 nitrogen and oxygen atoms in total.